The lowest BCUT2D eigenvalue weighted by molar-refractivity contribution is -0.0687. The fraction of sp³-hybridized carbons (Fsp3) is 0.737. The Morgan fingerprint density at radius 1 is 1.16 bits per heavy atom. The van der Waals surface area contributed by atoms with Gasteiger partial charge in [0, 0.05) is 10.9 Å². The lowest BCUT2D eigenvalue weighted by atomic mass is 9.48. The highest BCUT2D eigenvalue weighted by atomic mass is 32.2. The van der Waals surface area contributed by atoms with E-state index in [2.05, 4.69) is 12.2 Å². The quantitative estimate of drug-likeness (QED) is 0.874. The largest absolute Gasteiger partial charge is 0.348 e. The minimum absolute atomic E-state index is 0.0138. The third-order valence-corrected chi connectivity index (χ3v) is 10.0. The number of carbonyl (C=O) groups excluding carboxylic acids is 1. The first-order valence-corrected chi connectivity index (χ1v) is 12.1. The highest BCUT2D eigenvalue weighted by Gasteiger charge is 2.53. The average Bonchev–Trinajstić information content (AvgIpc) is 2.99. The third-order valence-electron chi connectivity index (χ3n) is 7.20. The minimum atomic E-state index is -2.98. The van der Waals surface area contributed by atoms with Crippen molar-refractivity contribution in [3.05, 3.63) is 21.4 Å². The van der Waals surface area contributed by atoms with Gasteiger partial charge < -0.3 is 5.32 Å². The van der Waals surface area contributed by atoms with E-state index in [-0.39, 0.29) is 23.5 Å². The van der Waals surface area contributed by atoms with E-state index in [1.807, 2.05) is 0 Å². The second-order valence-electron chi connectivity index (χ2n) is 9.07. The number of nitrogens with one attached hydrogen (secondary N) is 1. The highest BCUT2D eigenvalue weighted by molar-refractivity contribution is 7.90. The van der Waals surface area contributed by atoms with Crippen LogP contribution in [0.3, 0.4) is 0 Å². The number of hydrogen-bond donors (Lipinski definition) is 1. The van der Waals surface area contributed by atoms with E-state index in [0.717, 1.165) is 28.2 Å². The van der Waals surface area contributed by atoms with Crippen LogP contribution in [0, 0.1) is 23.2 Å². The average molecular weight is 380 g/mol. The molecule has 1 unspecified atom stereocenters. The Hall–Kier alpha value is -0.880. The molecule has 4 saturated carbocycles. The number of hydrogen-bond acceptors (Lipinski definition) is 4. The Morgan fingerprint density at radius 2 is 1.76 bits per heavy atom. The Morgan fingerprint density at radius 3 is 2.32 bits per heavy atom. The molecule has 4 fully saturated rings. The molecule has 2 heterocycles. The van der Waals surface area contributed by atoms with Crippen molar-refractivity contribution in [3.8, 4) is 0 Å². The molecule has 1 aromatic rings. The molecule has 0 radical (unpaired) electrons. The SMILES string of the molecule is CC(NC(=O)c1cc2c(s1)CS(=O)(=O)C2)C12CC3CC(CC(C3)C1)C2. The van der Waals surface area contributed by atoms with Crippen molar-refractivity contribution in [3.63, 3.8) is 0 Å². The molecule has 1 N–H and O–H groups in total. The second-order valence-corrected chi connectivity index (χ2v) is 12.3. The zero-order valence-corrected chi connectivity index (χ0v) is 16.2. The Bertz CT molecular complexity index is 774. The maximum absolute atomic E-state index is 12.8. The summed E-state index contributed by atoms with van der Waals surface area (Å²) in [7, 11) is -2.98. The van der Waals surface area contributed by atoms with Gasteiger partial charge in [0.25, 0.3) is 5.91 Å². The first-order valence-electron chi connectivity index (χ1n) is 9.45. The van der Waals surface area contributed by atoms with E-state index in [4.69, 9.17) is 0 Å². The molecule has 1 aromatic heterocycles. The molecule has 0 aromatic carbocycles. The predicted octanol–water partition coefficient (Wildman–Crippen LogP) is 3.51. The van der Waals surface area contributed by atoms with Gasteiger partial charge in [0.1, 0.15) is 0 Å². The Balaban J connectivity index is 1.32. The zero-order valence-electron chi connectivity index (χ0n) is 14.6. The van der Waals surface area contributed by atoms with Crippen molar-refractivity contribution in [2.24, 2.45) is 23.2 Å². The fourth-order valence-electron chi connectivity index (χ4n) is 6.44. The molecule has 0 spiro atoms. The van der Waals surface area contributed by atoms with Crippen molar-refractivity contribution in [2.45, 2.75) is 63.0 Å². The normalized spacial score (nSPS) is 38.5. The van der Waals surface area contributed by atoms with Crippen LogP contribution in [-0.2, 0) is 21.3 Å². The summed E-state index contributed by atoms with van der Waals surface area (Å²) in [5, 5.41) is 3.28. The zero-order chi connectivity index (χ0) is 17.4. The molecular weight excluding hydrogens is 354 g/mol. The van der Waals surface area contributed by atoms with Crippen molar-refractivity contribution >= 4 is 27.1 Å². The van der Waals surface area contributed by atoms with Crippen LogP contribution < -0.4 is 5.32 Å². The molecule has 4 aliphatic carbocycles. The monoisotopic (exact) mass is 379 g/mol. The summed E-state index contributed by atoms with van der Waals surface area (Å²) in [4.78, 5) is 14.3. The van der Waals surface area contributed by atoms with Crippen LogP contribution in [0.1, 0.15) is 65.6 Å². The van der Waals surface area contributed by atoms with Gasteiger partial charge in [0.2, 0.25) is 0 Å². The van der Waals surface area contributed by atoms with Crippen LogP contribution >= 0.6 is 11.3 Å². The molecule has 4 bridgehead atoms. The lowest BCUT2D eigenvalue weighted by Crippen LogP contribution is -2.55. The summed E-state index contributed by atoms with van der Waals surface area (Å²) >= 11 is 1.36. The van der Waals surface area contributed by atoms with Crippen LogP contribution in [-0.4, -0.2) is 20.4 Å². The van der Waals surface area contributed by atoms with E-state index in [9.17, 15) is 13.2 Å². The molecule has 1 aliphatic heterocycles. The van der Waals surface area contributed by atoms with E-state index in [0.29, 0.717) is 10.3 Å². The Labute approximate surface area is 153 Å². The summed E-state index contributed by atoms with van der Waals surface area (Å²) in [6.07, 6.45) is 8.06. The molecule has 6 heteroatoms. The highest BCUT2D eigenvalue weighted by Crippen LogP contribution is 2.61. The van der Waals surface area contributed by atoms with E-state index >= 15 is 0 Å². The maximum atomic E-state index is 12.8. The van der Waals surface area contributed by atoms with Crippen LogP contribution in [0.15, 0.2) is 6.07 Å². The van der Waals surface area contributed by atoms with E-state index in [1.54, 1.807) is 6.07 Å². The molecule has 25 heavy (non-hydrogen) atoms. The van der Waals surface area contributed by atoms with Crippen molar-refractivity contribution in [1.82, 2.24) is 5.32 Å². The maximum Gasteiger partial charge on any atom is 0.261 e. The van der Waals surface area contributed by atoms with Gasteiger partial charge in [-0.15, -0.1) is 11.3 Å². The van der Waals surface area contributed by atoms with Crippen LogP contribution in [0.5, 0.6) is 0 Å². The van der Waals surface area contributed by atoms with Gasteiger partial charge >= 0.3 is 0 Å². The molecule has 1 amide bonds. The third kappa shape index (κ3) is 2.67. The summed E-state index contributed by atoms with van der Waals surface area (Å²) in [5.41, 5.74) is 1.13. The fourth-order valence-corrected chi connectivity index (χ4v) is 9.60. The molecular formula is C19H25NO3S2. The molecule has 5 aliphatic rings. The molecule has 0 saturated heterocycles. The van der Waals surface area contributed by atoms with Gasteiger partial charge in [0.05, 0.1) is 16.4 Å². The lowest BCUT2D eigenvalue weighted by Gasteiger charge is -2.59. The van der Waals surface area contributed by atoms with Gasteiger partial charge in [-0.3, -0.25) is 4.79 Å². The summed E-state index contributed by atoms with van der Waals surface area (Å²) in [5.74, 6) is 2.81. The Kier molecular flexibility index (Phi) is 3.47. The number of sulfone groups is 1. The van der Waals surface area contributed by atoms with E-state index < -0.39 is 9.84 Å². The van der Waals surface area contributed by atoms with Crippen LogP contribution in [0.2, 0.25) is 0 Å². The standard InChI is InChI=1S/C19H25NO3S2/c1-11(19-6-12-2-13(7-19)4-14(3-12)8-19)20-18(21)16-5-15-9-25(22,23)10-17(15)24-16/h5,11-14H,2-4,6-10H2,1H3,(H,20,21). The smallest absolute Gasteiger partial charge is 0.261 e. The van der Waals surface area contributed by atoms with Crippen LogP contribution in [0.25, 0.3) is 0 Å². The second kappa shape index (κ2) is 5.32. The van der Waals surface area contributed by atoms with E-state index in [1.165, 1.54) is 49.9 Å². The topological polar surface area (TPSA) is 63.2 Å². The van der Waals surface area contributed by atoms with Crippen molar-refractivity contribution < 1.29 is 13.2 Å². The molecule has 4 nitrogen and oxygen atoms in total. The van der Waals surface area contributed by atoms with Crippen LogP contribution in [0.4, 0.5) is 0 Å². The molecule has 136 valence electrons. The van der Waals surface area contributed by atoms with Crippen molar-refractivity contribution in [2.75, 3.05) is 0 Å². The van der Waals surface area contributed by atoms with Gasteiger partial charge in [-0.1, -0.05) is 0 Å². The number of amides is 1. The van der Waals surface area contributed by atoms with Gasteiger partial charge in [0.15, 0.2) is 9.84 Å². The van der Waals surface area contributed by atoms with Crippen molar-refractivity contribution in [1.29, 1.82) is 0 Å². The number of rotatable bonds is 3. The minimum Gasteiger partial charge on any atom is -0.348 e. The van der Waals surface area contributed by atoms with Gasteiger partial charge in [-0.2, -0.15) is 0 Å². The summed E-state index contributed by atoms with van der Waals surface area (Å²) in [6.45, 7) is 2.19. The summed E-state index contributed by atoms with van der Waals surface area (Å²) in [6, 6.07) is 2.00. The first kappa shape index (κ1) is 16.3. The number of fused-ring (bicyclic) bond motifs is 1. The molecule has 1 atom stereocenters. The number of thiophene rings is 1. The van der Waals surface area contributed by atoms with Gasteiger partial charge in [-0.05, 0) is 80.2 Å². The summed E-state index contributed by atoms with van der Waals surface area (Å²) < 4.78 is 23.3. The predicted molar refractivity (Wildman–Crippen MR) is 98.2 cm³/mol. The molecule has 6 rings (SSSR count). The van der Waals surface area contributed by atoms with Gasteiger partial charge in [-0.25, -0.2) is 8.42 Å². The number of carbonyl (C=O) groups is 1. The first-order chi connectivity index (χ1) is 11.8.